The third-order valence-corrected chi connectivity index (χ3v) is 5.09. The first-order valence-corrected chi connectivity index (χ1v) is 9.35. The van der Waals surface area contributed by atoms with Crippen molar-refractivity contribution in [3.05, 3.63) is 65.4 Å². The number of aromatic nitrogens is 1. The van der Waals surface area contributed by atoms with Crippen LogP contribution < -0.4 is 5.32 Å². The number of nitrogens with one attached hydrogen (secondary N) is 2. The maximum atomic E-state index is 12.8. The molecule has 3 aromatic rings. The number of benzene rings is 2. The second-order valence-corrected chi connectivity index (χ2v) is 6.76. The van der Waals surface area contributed by atoms with Gasteiger partial charge in [0, 0.05) is 16.8 Å². The Morgan fingerprint density at radius 1 is 1.15 bits per heavy atom. The van der Waals surface area contributed by atoms with E-state index in [2.05, 4.69) is 10.3 Å². The van der Waals surface area contributed by atoms with Crippen LogP contribution in [0.3, 0.4) is 0 Å². The maximum absolute atomic E-state index is 12.8. The number of ether oxygens (including phenoxy) is 1. The van der Waals surface area contributed by atoms with E-state index >= 15 is 0 Å². The van der Waals surface area contributed by atoms with Gasteiger partial charge in [0.1, 0.15) is 0 Å². The Morgan fingerprint density at radius 3 is 2.74 bits per heavy atom. The van der Waals surface area contributed by atoms with Crippen LogP contribution in [0.5, 0.6) is 0 Å². The molecule has 0 aliphatic heterocycles. The molecule has 0 saturated heterocycles. The Bertz CT molecular complexity index is 991. The van der Waals surface area contributed by atoms with Crippen molar-refractivity contribution >= 4 is 28.5 Å². The maximum Gasteiger partial charge on any atom is 0.314 e. The first-order chi connectivity index (χ1) is 13.2. The number of H-pyrrole nitrogens is 1. The highest BCUT2D eigenvalue weighted by Crippen LogP contribution is 2.37. The molecule has 0 spiro atoms. The van der Waals surface area contributed by atoms with E-state index < -0.39 is 0 Å². The number of aromatic amines is 1. The third kappa shape index (κ3) is 3.21. The molecule has 0 fully saturated rings. The standard InChI is InChI=1S/C22H22N2O3/c1-2-27-22(26)18-13-7-11-16-15-10-6-12-17(19(15)24-20(16)18)21(25)23-14-8-4-3-5-9-14/h3-6,8-10,12,18,24H,2,7,11,13H2,1H3,(H,23,25). The van der Waals surface area contributed by atoms with Gasteiger partial charge in [-0.05, 0) is 49.9 Å². The number of carbonyl (C=O) groups is 2. The number of amides is 1. The molecule has 138 valence electrons. The molecule has 5 heteroatoms. The molecule has 27 heavy (non-hydrogen) atoms. The molecule has 1 unspecified atom stereocenters. The van der Waals surface area contributed by atoms with Crippen molar-refractivity contribution in [1.29, 1.82) is 0 Å². The molecular weight excluding hydrogens is 340 g/mol. The summed E-state index contributed by atoms with van der Waals surface area (Å²) in [7, 11) is 0. The van der Waals surface area contributed by atoms with Gasteiger partial charge in [0.15, 0.2) is 0 Å². The summed E-state index contributed by atoms with van der Waals surface area (Å²) in [5.74, 6) is -0.649. The Kier molecular flexibility index (Phi) is 4.67. The fraction of sp³-hybridized carbons (Fsp3) is 0.273. The summed E-state index contributed by atoms with van der Waals surface area (Å²) in [6, 6.07) is 15.1. The van der Waals surface area contributed by atoms with Gasteiger partial charge >= 0.3 is 5.97 Å². The number of hydrogen-bond acceptors (Lipinski definition) is 3. The van der Waals surface area contributed by atoms with Crippen molar-refractivity contribution in [2.24, 2.45) is 0 Å². The van der Waals surface area contributed by atoms with Gasteiger partial charge in [-0.15, -0.1) is 0 Å². The molecule has 2 aromatic carbocycles. The first kappa shape index (κ1) is 17.3. The van der Waals surface area contributed by atoms with Crippen LogP contribution in [0.4, 0.5) is 5.69 Å². The van der Waals surface area contributed by atoms with Crippen LogP contribution >= 0.6 is 0 Å². The van der Waals surface area contributed by atoms with Crippen LogP contribution in [0.25, 0.3) is 10.9 Å². The number of aryl methyl sites for hydroxylation is 1. The molecule has 1 aromatic heterocycles. The van der Waals surface area contributed by atoms with Crippen molar-refractivity contribution in [2.45, 2.75) is 32.1 Å². The van der Waals surface area contributed by atoms with Gasteiger partial charge in [-0.25, -0.2) is 0 Å². The van der Waals surface area contributed by atoms with E-state index in [9.17, 15) is 9.59 Å². The van der Waals surface area contributed by atoms with Gasteiger partial charge in [-0.3, -0.25) is 9.59 Å². The van der Waals surface area contributed by atoms with E-state index in [1.807, 2.05) is 55.5 Å². The largest absolute Gasteiger partial charge is 0.465 e. The number of hydrogen-bond donors (Lipinski definition) is 2. The summed E-state index contributed by atoms with van der Waals surface area (Å²) < 4.78 is 5.25. The minimum atomic E-state index is -0.286. The molecule has 1 aliphatic rings. The normalized spacial score (nSPS) is 16.0. The number of esters is 1. The van der Waals surface area contributed by atoms with E-state index in [4.69, 9.17) is 4.74 Å². The van der Waals surface area contributed by atoms with Gasteiger partial charge in [0.2, 0.25) is 0 Å². The Hall–Kier alpha value is -3.08. The summed E-state index contributed by atoms with van der Waals surface area (Å²) in [6.07, 6.45) is 2.60. The zero-order valence-corrected chi connectivity index (χ0v) is 15.2. The Balaban J connectivity index is 1.74. The van der Waals surface area contributed by atoms with Crippen molar-refractivity contribution in [1.82, 2.24) is 4.98 Å². The number of rotatable bonds is 4. The lowest BCUT2D eigenvalue weighted by Crippen LogP contribution is -2.20. The quantitative estimate of drug-likeness (QED) is 0.676. The van der Waals surface area contributed by atoms with Crippen molar-refractivity contribution in [2.75, 3.05) is 11.9 Å². The zero-order valence-electron chi connectivity index (χ0n) is 15.2. The van der Waals surface area contributed by atoms with Crippen LogP contribution in [0, 0.1) is 0 Å². The highest BCUT2D eigenvalue weighted by atomic mass is 16.5. The lowest BCUT2D eigenvalue weighted by Gasteiger charge is -2.20. The molecule has 2 N–H and O–H groups in total. The van der Waals surface area contributed by atoms with Crippen LogP contribution in [-0.4, -0.2) is 23.5 Å². The molecule has 0 bridgehead atoms. The Labute approximate surface area is 157 Å². The lowest BCUT2D eigenvalue weighted by atomic mass is 9.86. The first-order valence-electron chi connectivity index (χ1n) is 9.35. The second kappa shape index (κ2) is 7.27. The smallest absolute Gasteiger partial charge is 0.314 e. The molecule has 0 radical (unpaired) electrons. The fourth-order valence-electron chi connectivity index (χ4n) is 3.88. The molecule has 5 nitrogen and oxygen atoms in total. The molecule has 4 rings (SSSR count). The van der Waals surface area contributed by atoms with Crippen LogP contribution in [0.15, 0.2) is 48.5 Å². The van der Waals surface area contributed by atoms with E-state index in [1.54, 1.807) is 0 Å². The SMILES string of the molecule is CCOC(=O)C1CCCc2c1[nH]c1c(C(=O)Nc3ccccc3)cccc21. The van der Waals surface area contributed by atoms with Gasteiger partial charge in [0.05, 0.1) is 23.6 Å². The lowest BCUT2D eigenvalue weighted by molar-refractivity contribution is -0.145. The molecule has 1 aliphatic carbocycles. The molecular formula is C22H22N2O3. The van der Waals surface area contributed by atoms with Gasteiger partial charge in [0.25, 0.3) is 5.91 Å². The molecule has 1 atom stereocenters. The summed E-state index contributed by atoms with van der Waals surface area (Å²) in [5.41, 5.74) is 4.14. The third-order valence-electron chi connectivity index (χ3n) is 5.09. The van der Waals surface area contributed by atoms with E-state index in [0.29, 0.717) is 12.2 Å². The monoisotopic (exact) mass is 362 g/mol. The highest BCUT2D eigenvalue weighted by Gasteiger charge is 2.31. The average Bonchev–Trinajstić information content (AvgIpc) is 3.07. The summed E-state index contributed by atoms with van der Waals surface area (Å²) in [6.45, 7) is 2.19. The van der Waals surface area contributed by atoms with E-state index in [-0.39, 0.29) is 17.8 Å². The molecule has 1 heterocycles. The van der Waals surface area contributed by atoms with E-state index in [0.717, 1.165) is 47.1 Å². The van der Waals surface area contributed by atoms with Gasteiger partial charge in [-0.2, -0.15) is 0 Å². The van der Waals surface area contributed by atoms with Crippen molar-refractivity contribution < 1.29 is 14.3 Å². The zero-order chi connectivity index (χ0) is 18.8. The predicted molar refractivity (Wildman–Crippen MR) is 105 cm³/mol. The van der Waals surface area contributed by atoms with Crippen molar-refractivity contribution in [3.8, 4) is 0 Å². The summed E-state index contributed by atoms with van der Waals surface area (Å²) in [5, 5.41) is 3.95. The van der Waals surface area contributed by atoms with Crippen LogP contribution in [0.2, 0.25) is 0 Å². The topological polar surface area (TPSA) is 71.2 Å². The van der Waals surface area contributed by atoms with Crippen LogP contribution in [0.1, 0.15) is 47.3 Å². The predicted octanol–water partition coefficient (Wildman–Crippen LogP) is 4.40. The van der Waals surface area contributed by atoms with Gasteiger partial charge < -0.3 is 15.0 Å². The number of carbonyl (C=O) groups excluding carboxylic acids is 2. The van der Waals surface area contributed by atoms with Crippen LogP contribution in [-0.2, 0) is 16.0 Å². The number of para-hydroxylation sites is 2. The summed E-state index contributed by atoms with van der Waals surface area (Å²) in [4.78, 5) is 28.6. The minimum absolute atomic E-state index is 0.168. The minimum Gasteiger partial charge on any atom is -0.465 e. The number of anilines is 1. The number of fused-ring (bicyclic) bond motifs is 3. The van der Waals surface area contributed by atoms with E-state index in [1.165, 1.54) is 0 Å². The Morgan fingerprint density at radius 2 is 1.96 bits per heavy atom. The molecule has 1 amide bonds. The highest BCUT2D eigenvalue weighted by molar-refractivity contribution is 6.12. The second-order valence-electron chi connectivity index (χ2n) is 6.76. The van der Waals surface area contributed by atoms with Gasteiger partial charge in [-0.1, -0.05) is 30.3 Å². The van der Waals surface area contributed by atoms with Crippen molar-refractivity contribution in [3.63, 3.8) is 0 Å². The fourth-order valence-corrected chi connectivity index (χ4v) is 3.88. The molecule has 0 saturated carbocycles. The summed E-state index contributed by atoms with van der Waals surface area (Å²) >= 11 is 0. The average molecular weight is 362 g/mol.